The van der Waals surface area contributed by atoms with E-state index in [1.807, 2.05) is 30.3 Å². The van der Waals surface area contributed by atoms with Crippen molar-refractivity contribution in [2.45, 2.75) is 18.5 Å². The standard InChI is InChI=1S/C15H15N5O2S/c21-13-15(6-7-23-9-15)17-14(22)19(13)8-12-16-10-20(18-12)11-4-2-1-3-5-11/h1-5,10H,6-9H2,(H,17,22)/t15-/m1/s1. The molecular weight excluding hydrogens is 314 g/mol. The molecule has 2 aliphatic rings. The van der Waals surface area contributed by atoms with Crippen molar-refractivity contribution in [2.24, 2.45) is 0 Å². The molecule has 7 nitrogen and oxygen atoms in total. The number of imide groups is 1. The van der Waals surface area contributed by atoms with Gasteiger partial charge in [-0.3, -0.25) is 9.69 Å². The molecule has 118 valence electrons. The third kappa shape index (κ3) is 2.39. The Bertz CT molecular complexity index is 754. The smallest absolute Gasteiger partial charge is 0.322 e. The fourth-order valence-corrected chi connectivity index (χ4v) is 4.19. The highest BCUT2D eigenvalue weighted by atomic mass is 32.2. The van der Waals surface area contributed by atoms with Crippen LogP contribution >= 0.6 is 11.8 Å². The van der Waals surface area contributed by atoms with Crippen LogP contribution in [0, 0.1) is 0 Å². The predicted molar refractivity (Wildman–Crippen MR) is 85.1 cm³/mol. The first-order valence-corrected chi connectivity index (χ1v) is 8.51. The number of nitrogens with zero attached hydrogens (tertiary/aromatic N) is 4. The molecule has 1 aromatic carbocycles. The molecule has 1 aromatic heterocycles. The number of carbonyl (C=O) groups excluding carboxylic acids is 2. The van der Waals surface area contributed by atoms with Crippen molar-refractivity contribution in [1.29, 1.82) is 0 Å². The third-order valence-corrected chi connectivity index (χ3v) is 5.32. The van der Waals surface area contributed by atoms with Gasteiger partial charge in [-0.1, -0.05) is 18.2 Å². The molecule has 0 radical (unpaired) electrons. The quantitative estimate of drug-likeness (QED) is 0.856. The maximum Gasteiger partial charge on any atom is 0.325 e. The number of benzene rings is 1. The molecule has 8 heteroatoms. The number of aromatic nitrogens is 3. The van der Waals surface area contributed by atoms with Crippen molar-refractivity contribution in [3.05, 3.63) is 42.5 Å². The summed E-state index contributed by atoms with van der Waals surface area (Å²) in [5, 5.41) is 7.20. The topological polar surface area (TPSA) is 80.1 Å². The first kappa shape index (κ1) is 14.3. The summed E-state index contributed by atoms with van der Waals surface area (Å²) in [6.45, 7) is 0.0942. The number of hydrogen-bond acceptors (Lipinski definition) is 5. The van der Waals surface area contributed by atoms with Gasteiger partial charge in [0.05, 0.1) is 12.2 Å². The van der Waals surface area contributed by atoms with Gasteiger partial charge in [-0.15, -0.1) is 5.10 Å². The van der Waals surface area contributed by atoms with Gasteiger partial charge in [0.2, 0.25) is 0 Å². The molecule has 23 heavy (non-hydrogen) atoms. The van der Waals surface area contributed by atoms with Crippen molar-refractivity contribution in [1.82, 2.24) is 25.0 Å². The van der Waals surface area contributed by atoms with Crippen LogP contribution in [0.15, 0.2) is 36.7 Å². The number of nitrogens with one attached hydrogen (secondary N) is 1. The second-order valence-electron chi connectivity index (χ2n) is 5.65. The highest BCUT2D eigenvalue weighted by Gasteiger charge is 2.53. The van der Waals surface area contributed by atoms with Crippen molar-refractivity contribution in [3.8, 4) is 5.69 Å². The first-order valence-electron chi connectivity index (χ1n) is 7.36. The number of amides is 3. The SMILES string of the molecule is O=C1N[C@@]2(CCSC2)C(=O)N1Cc1ncn(-c2ccccc2)n1. The van der Waals surface area contributed by atoms with Crippen LogP contribution in [0.5, 0.6) is 0 Å². The molecule has 1 atom stereocenters. The van der Waals surface area contributed by atoms with Gasteiger partial charge in [0.1, 0.15) is 11.9 Å². The number of carbonyl (C=O) groups is 2. The summed E-state index contributed by atoms with van der Waals surface area (Å²) < 4.78 is 1.63. The normalized spacial score (nSPS) is 23.7. The summed E-state index contributed by atoms with van der Waals surface area (Å²) in [5.41, 5.74) is 0.163. The molecule has 0 saturated carbocycles. The lowest BCUT2D eigenvalue weighted by atomic mass is 9.99. The summed E-state index contributed by atoms with van der Waals surface area (Å²) in [6, 6.07) is 9.22. The van der Waals surface area contributed by atoms with Crippen LogP contribution in [-0.2, 0) is 11.3 Å². The Balaban J connectivity index is 1.54. The van der Waals surface area contributed by atoms with E-state index < -0.39 is 5.54 Å². The van der Waals surface area contributed by atoms with Crippen molar-refractivity contribution < 1.29 is 9.59 Å². The minimum absolute atomic E-state index is 0.0942. The van der Waals surface area contributed by atoms with Gasteiger partial charge in [-0.25, -0.2) is 14.5 Å². The predicted octanol–water partition coefficient (Wildman–Crippen LogP) is 1.19. The van der Waals surface area contributed by atoms with Crippen LogP contribution in [0.1, 0.15) is 12.2 Å². The maximum absolute atomic E-state index is 12.6. The van der Waals surface area contributed by atoms with Crippen molar-refractivity contribution >= 4 is 23.7 Å². The fourth-order valence-electron chi connectivity index (χ4n) is 2.87. The number of urea groups is 1. The fraction of sp³-hybridized carbons (Fsp3) is 0.333. The monoisotopic (exact) mass is 329 g/mol. The van der Waals surface area contributed by atoms with E-state index in [0.717, 1.165) is 11.4 Å². The second-order valence-corrected chi connectivity index (χ2v) is 6.75. The van der Waals surface area contributed by atoms with E-state index in [1.165, 1.54) is 4.90 Å². The van der Waals surface area contributed by atoms with E-state index in [2.05, 4.69) is 15.4 Å². The molecule has 0 aliphatic carbocycles. The van der Waals surface area contributed by atoms with Gasteiger partial charge in [0, 0.05) is 5.75 Å². The molecule has 3 heterocycles. The Morgan fingerprint density at radius 3 is 2.83 bits per heavy atom. The lowest BCUT2D eigenvalue weighted by Crippen LogP contribution is -2.46. The summed E-state index contributed by atoms with van der Waals surface area (Å²) >= 11 is 1.69. The van der Waals surface area contributed by atoms with E-state index in [4.69, 9.17) is 0 Å². The van der Waals surface area contributed by atoms with Crippen LogP contribution in [0.4, 0.5) is 4.79 Å². The molecule has 2 aliphatic heterocycles. The number of thioether (sulfide) groups is 1. The van der Waals surface area contributed by atoms with Crippen LogP contribution in [-0.4, -0.2) is 48.6 Å². The Morgan fingerprint density at radius 2 is 2.09 bits per heavy atom. The minimum Gasteiger partial charge on any atom is -0.322 e. The summed E-state index contributed by atoms with van der Waals surface area (Å²) in [7, 11) is 0. The van der Waals surface area contributed by atoms with Crippen LogP contribution in [0.25, 0.3) is 5.69 Å². The highest BCUT2D eigenvalue weighted by Crippen LogP contribution is 2.33. The zero-order valence-corrected chi connectivity index (χ0v) is 13.1. The second kappa shape index (κ2) is 5.38. The van der Waals surface area contributed by atoms with Crippen LogP contribution < -0.4 is 5.32 Å². The first-order chi connectivity index (χ1) is 11.2. The lowest BCUT2D eigenvalue weighted by Gasteiger charge is -2.18. The van der Waals surface area contributed by atoms with Gasteiger partial charge >= 0.3 is 6.03 Å². The largest absolute Gasteiger partial charge is 0.325 e. The number of rotatable bonds is 3. The summed E-state index contributed by atoms with van der Waals surface area (Å²) in [5.74, 6) is 1.81. The van der Waals surface area contributed by atoms with E-state index in [1.54, 1.807) is 22.8 Å². The molecular formula is C15H15N5O2S. The van der Waals surface area contributed by atoms with Crippen molar-refractivity contribution in [2.75, 3.05) is 11.5 Å². The Kier molecular flexibility index (Phi) is 3.33. The molecule has 3 amide bonds. The average molecular weight is 329 g/mol. The Labute approximate surface area is 137 Å². The zero-order chi connectivity index (χ0) is 15.9. The van der Waals surface area contributed by atoms with Gasteiger partial charge in [-0.2, -0.15) is 11.8 Å². The van der Waals surface area contributed by atoms with Gasteiger partial charge in [0.25, 0.3) is 5.91 Å². The molecule has 0 unspecified atom stereocenters. The van der Waals surface area contributed by atoms with Crippen LogP contribution in [0.3, 0.4) is 0 Å². The third-order valence-electron chi connectivity index (χ3n) is 4.13. The lowest BCUT2D eigenvalue weighted by molar-refractivity contribution is -0.130. The Morgan fingerprint density at radius 1 is 1.26 bits per heavy atom. The van der Waals surface area contributed by atoms with E-state index in [9.17, 15) is 9.59 Å². The molecule has 2 aromatic rings. The number of hydrogen-bond donors (Lipinski definition) is 1. The molecule has 2 fully saturated rings. The maximum atomic E-state index is 12.6. The molecule has 2 saturated heterocycles. The minimum atomic E-state index is -0.719. The van der Waals surface area contributed by atoms with Gasteiger partial charge in [0.15, 0.2) is 5.82 Å². The Hall–Kier alpha value is -2.35. The summed E-state index contributed by atoms with van der Waals surface area (Å²) in [4.78, 5) is 30.2. The zero-order valence-electron chi connectivity index (χ0n) is 12.3. The van der Waals surface area contributed by atoms with Gasteiger partial charge < -0.3 is 5.32 Å². The molecule has 4 rings (SSSR count). The average Bonchev–Trinajstić information content (AvgIpc) is 3.27. The van der Waals surface area contributed by atoms with E-state index in [-0.39, 0.29) is 18.5 Å². The van der Waals surface area contributed by atoms with Crippen molar-refractivity contribution in [3.63, 3.8) is 0 Å². The highest BCUT2D eigenvalue weighted by molar-refractivity contribution is 7.99. The molecule has 0 bridgehead atoms. The molecule has 1 spiro atoms. The summed E-state index contributed by atoms with van der Waals surface area (Å²) in [6.07, 6.45) is 2.27. The van der Waals surface area contributed by atoms with E-state index in [0.29, 0.717) is 18.0 Å². The number of para-hydroxylation sites is 1. The van der Waals surface area contributed by atoms with Gasteiger partial charge in [-0.05, 0) is 24.3 Å². The van der Waals surface area contributed by atoms with Crippen LogP contribution in [0.2, 0.25) is 0 Å². The van der Waals surface area contributed by atoms with E-state index >= 15 is 0 Å². The molecule has 1 N–H and O–H groups in total.